The van der Waals surface area contributed by atoms with E-state index in [4.69, 9.17) is 0 Å². The van der Waals surface area contributed by atoms with Gasteiger partial charge >= 0.3 is 0 Å². The Labute approximate surface area is 131 Å². The molecule has 1 aromatic heterocycles. The molecule has 0 aliphatic heterocycles. The van der Waals surface area contributed by atoms with Crippen LogP contribution in [0.4, 0.5) is 0 Å². The third-order valence-corrected chi connectivity index (χ3v) is 3.59. The topological polar surface area (TPSA) is 91.1 Å². The first-order valence-electron chi connectivity index (χ1n) is 7.41. The van der Waals surface area contributed by atoms with Crippen molar-refractivity contribution >= 4 is 17.6 Å². The number of aromatic nitrogens is 1. The van der Waals surface area contributed by atoms with Crippen LogP contribution in [-0.2, 0) is 4.79 Å². The van der Waals surface area contributed by atoms with Crippen molar-refractivity contribution in [3.8, 4) is 0 Å². The Bertz CT molecular complexity index is 588. The van der Waals surface area contributed by atoms with E-state index in [-0.39, 0.29) is 23.5 Å². The van der Waals surface area contributed by atoms with Gasteiger partial charge in [-0.2, -0.15) is 0 Å². The molecule has 0 bridgehead atoms. The number of rotatable bonds is 6. The number of H-pyrrole nitrogens is 1. The van der Waals surface area contributed by atoms with E-state index in [0.29, 0.717) is 28.9 Å². The maximum Gasteiger partial charge on any atom is 0.268 e. The molecule has 0 fully saturated rings. The van der Waals surface area contributed by atoms with Gasteiger partial charge in [0.25, 0.3) is 5.91 Å². The third-order valence-electron chi connectivity index (χ3n) is 3.59. The highest BCUT2D eigenvalue weighted by Gasteiger charge is 2.25. The summed E-state index contributed by atoms with van der Waals surface area (Å²) in [6.45, 7) is 8.92. The van der Waals surface area contributed by atoms with E-state index in [1.165, 1.54) is 6.92 Å². The van der Waals surface area contributed by atoms with E-state index in [1.54, 1.807) is 20.9 Å². The van der Waals surface area contributed by atoms with Crippen molar-refractivity contribution in [2.45, 2.75) is 47.1 Å². The molecule has 2 amide bonds. The maximum absolute atomic E-state index is 12.4. The number of ketones is 1. The van der Waals surface area contributed by atoms with Crippen LogP contribution >= 0.6 is 0 Å². The highest BCUT2D eigenvalue weighted by atomic mass is 16.2. The van der Waals surface area contributed by atoms with Gasteiger partial charge in [-0.1, -0.05) is 13.8 Å². The molecule has 0 saturated carbocycles. The average Bonchev–Trinajstić information content (AvgIpc) is 2.71. The van der Waals surface area contributed by atoms with Crippen molar-refractivity contribution in [2.24, 2.45) is 5.92 Å². The fraction of sp³-hybridized carbons (Fsp3) is 0.562. The van der Waals surface area contributed by atoms with Crippen LogP contribution in [0.5, 0.6) is 0 Å². The molecule has 0 aliphatic carbocycles. The highest BCUT2D eigenvalue weighted by Crippen LogP contribution is 2.18. The van der Waals surface area contributed by atoms with Crippen molar-refractivity contribution < 1.29 is 14.4 Å². The van der Waals surface area contributed by atoms with Crippen LogP contribution in [0, 0.1) is 19.8 Å². The summed E-state index contributed by atoms with van der Waals surface area (Å²) in [7, 11) is 1.54. The quantitative estimate of drug-likeness (QED) is 0.699. The number of aryl methyl sites for hydroxylation is 1. The molecule has 1 heterocycles. The summed E-state index contributed by atoms with van der Waals surface area (Å²) in [6, 6.07) is -0.596. The SMILES string of the molecule is CNC(=O)[C@@H](CC(C)C)NC(=O)c1[nH]c(C)c(C(C)=O)c1C. The number of hydrogen-bond donors (Lipinski definition) is 3. The number of hydrogen-bond acceptors (Lipinski definition) is 3. The van der Waals surface area contributed by atoms with Gasteiger partial charge < -0.3 is 15.6 Å². The van der Waals surface area contributed by atoms with E-state index in [2.05, 4.69) is 15.6 Å². The summed E-state index contributed by atoms with van der Waals surface area (Å²) in [5.74, 6) is -0.422. The molecule has 0 aliphatic rings. The minimum atomic E-state index is -0.596. The zero-order chi connectivity index (χ0) is 17.0. The second-order valence-electron chi connectivity index (χ2n) is 5.95. The van der Waals surface area contributed by atoms with Gasteiger partial charge in [0.1, 0.15) is 11.7 Å². The molecule has 0 radical (unpaired) electrons. The molecule has 1 rings (SSSR count). The Morgan fingerprint density at radius 2 is 1.77 bits per heavy atom. The molecule has 1 aromatic rings. The van der Waals surface area contributed by atoms with Gasteiger partial charge in [0.15, 0.2) is 5.78 Å². The van der Waals surface area contributed by atoms with Gasteiger partial charge in [0, 0.05) is 18.3 Å². The number of amides is 2. The Hall–Kier alpha value is -2.11. The van der Waals surface area contributed by atoms with Gasteiger partial charge in [-0.05, 0) is 38.7 Å². The number of nitrogens with one attached hydrogen (secondary N) is 3. The molecule has 0 aromatic carbocycles. The van der Waals surface area contributed by atoms with E-state index in [0.717, 1.165) is 0 Å². The molecule has 3 N–H and O–H groups in total. The van der Waals surface area contributed by atoms with Gasteiger partial charge in [0.2, 0.25) is 5.91 Å². The lowest BCUT2D eigenvalue weighted by molar-refractivity contribution is -0.122. The molecule has 6 nitrogen and oxygen atoms in total. The predicted octanol–water partition coefficient (Wildman–Crippen LogP) is 1.72. The molecule has 0 saturated heterocycles. The zero-order valence-electron chi connectivity index (χ0n) is 14.1. The van der Waals surface area contributed by atoms with E-state index < -0.39 is 6.04 Å². The average molecular weight is 307 g/mol. The summed E-state index contributed by atoms with van der Waals surface area (Å²) in [5.41, 5.74) is 2.14. The van der Waals surface area contributed by atoms with Crippen molar-refractivity contribution in [3.05, 3.63) is 22.5 Å². The normalized spacial score (nSPS) is 12.1. The fourth-order valence-corrected chi connectivity index (χ4v) is 2.61. The summed E-state index contributed by atoms with van der Waals surface area (Å²) >= 11 is 0. The zero-order valence-corrected chi connectivity index (χ0v) is 14.1. The second kappa shape index (κ2) is 7.24. The summed E-state index contributed by atoms with van der Waals surface area (Å²) in [5, 5.41) is 5.30. The Balaban J connectivity index is 3.02. The molecular weight excluding hydrogens is 282 g/mol. The van der Waals surface area contributed by atoms with Gasteiger partial charge in [0.05, 0.1) is 0 Å². The minimum Gasteiger partial charge on any atom is -0.357 e. The second-order valence-corrected chi connectivity index (χ2v) is 5.95. The molecular formula is C16H25N3O3. The van der Waals surface area contributed by atoms with Crippen LogP contribution in [-0.4, -0.2) is 35.7 Å². The van der Waals surface area contributed by atoms with Gasteiger partial charge in [-0.3, -0.25) is 14.4 Å². The molecule has 6 heteroatoms. The summed E-state index contributed by atoms with van der Waals surface area (Å²) < 4.78 is 0. The lowest BCUT2D eigenvalue weighted by atomic mass is 10.0. The first-order chi connectivity index (χ1) is 10.2. The van der Waals surface area contributed by atoms with E-state index >= 15 is 0 Å². The monoisotopic (exact) mass is 307 g/mol. The van der Waals surface area contributed by atoms with Crippen LogP contribution in [0.3, 0.4) is 0 Å². The van der Waals surface area contributed by atoms with Crippen molar-refractivity contribution in [2.75, 3.05) is 7.05 Å². The summed E-state index contributed by atoms with van der Waals surface area (Å²) in [6.07, 6.45) is 0.545. The standard InChI is InChI=1S/C16H25N3O3/c1-8(2)7-12(15(21)17-6)19-16(22)14-9(3)13(11(5)20)10(4)18-14/h8,12,18H,7H2,1-6H3,(H,17,21)(H,19,22)/t12-/m1/s1. The molecule has 1 atom stereocenters. The largest absolute Gasteiger partial charge is 0.357 e. The number of carbonyl (C=O) groups is 3. The number of likely N-dealkylation sites (N-methyl/N-ethyl adjacent to an activating group) is 1. The van der Waals surface area contributed by atoms with Crippen LogP contribution in [0.1, 0.15) is 59.3 Å². The van der Waals surface area contributed by atoms with Crippen molar-refractivity contribution in [3.63, 3.8) is 0 Å². The predicted molar refractivity (Wildman–Crippen MR) is 85.0 cm³/mol. The summed E-state index contributed by atoms with van der Waals surface area (Å²) in [4.78, 5) is 38.9. The van der Waals surface area contributed by atoms with E-state index in [9.17, 15) is 14.4 Å². The van der Waals surface area contributed by atoms with Crippen molar-refractivity contribution in [1.82, 2.24) is 15.6 Å². The van der Waals surface area contributed by atoms with Gasteiger partial charge in [-0.25, -0.2) is 0 Å². The molecule has 0 spiro atoms. The number of Topliss-reactive ketones (excluding diaryl/α,β-unsaturated/α-hetero) is 1. The van der Waals surface area contributed by atoms with Crippen LogP contribution < -0.4 is 10.6 Å². The lowest BCUT2D eigenvalue weighted by Gasteiger charge is -2.19. The Kier molecular flexibility index (Phi) is 5.91. The Morgan fingerprint density at radius 3 is 2.18 bits per heavy atom. The minimum absolute atomic E-state index is 0.0877. The third kappa shape index (κ3) is 3.96. The maximum atomic E-state index is 12.4. The smallest absolute Gasteiger partial charge is 0.268 e. The van der Waals surface area contributed by atoms with Crippen LogP contribution in [0.2, 0.25) is 0 Å². The molecule has 122 valence electrons. The lowest BCUT2D eigenvalue weighted by Crippen LogP contribution is -2.46. The molecule has 0 unspecified atom stereocenters. The van der Waals surface area contributed by atoms with Crippen LogP contribution in [0.15, 0.2) is 0 Å². The van der Waals surface area contributed by atoms with Crippen LogP contribution in [0.25, 0.3) is 0 Å². The van der Waals surface area contributed by atoms with Crippen molar-refractivity contribution in [1.29, 1.82) is 0 Å². The number of carbonyl (C=O) groups excluding carboxylic acids is 3. The van der Waals surface area contributed by atoms with E-state index in [1.807, 2.05) is 13.8 Å². The molecule has 22 heavy (non-hydrogen) atoms. The number of aromatic amines is 1. The first kappa shape index (κ1) is 17.9. The first-order valence-corrected chi connectivity index (χ1v) is 7.41. The highest BCUT2D eigenvalue weighted by molar-refractivity contribution is 6.03. The Morgan fingerprint density at radius 1 is 1.18 bits per heavy atom. The van der Waals surface area contributed by atoms with Gasteiger partial charge in [-0.15, -0.1) is 0 Å². The fourth-order valence-electron chi connectivity index (χ4n) is 2.61.